The van der Waals surface area contributed by atoms with Crippen molar-refractivity contribution in [2.45, 2.75) is 65.7 Å². The van der Waals surface area contributed by atoms with Crippen LogP contribution in [0.4, 0.5) is 0 Å². The van der Waals surface area contributed by atoms with Gasteiger partial charge >= 0.3 is 0 Å². The van der Waals surface area contributed by atoms with Crippen molar-refractivity contribution < 1.29 is 5.11 Å². The molecule has 0 saturated heterocycles. The van der Waals surface area contributed by atoms with Gasteiger partial charge in [0.1, 0.15) is 5.76 Å². The Morgan fingerprint density at radius 1 is 0.893 bits per heavy atom. The van der Waals surface area contributed by atoms with Crippen molar-refractivity contribution >= 4 is 27.5 Å². The second-order valence-electron chi connectivity index (χ2n) is 9.69. The minimum absolute atomic E-state index is 0.0525. The number of nitrogens with zero attached hydrogens (tertiary/aromatic N) is 1. The third-order valence-electron chi connectivity index (χ3n) is 5.56. The van der Waals surface area contributed by atoms with Gasteiger partial charge in [-0.2, -0.15) is 0 Å². The van der Waals surface area contributed by atoms with E-state index in [1.165, 1.54) is 21.9 Å². The molecule has 2 nitrogen and oxygen atoms in total. The number of benzene rings is 2. The number of allylic oxidation sites excluding steroid dienone is 3. The van der Waals surface area contributed by atoms with Gasteiger partial charge in [0.2, 0.25) is 0 Å². The summed E-state index contributed by atoms with van der Waals surface area (Å²) in [5.74, 6) is 0.358. The first-order valence-electron chi connectivity index (χ1n) is 10.1. The fraction of sp³-hybridized carbons (Fsp3) is 0.385. The van der Waals surface area contributed by atoms with Crippen LogP contribution in [0.25, 0.3) is 27.5 Å². The molecule has 0 aliphatic rings. The Bertz CT molecular complexity index is 1010. The van der Waals surface area contributed by atoms with Crippen LogP contribution in [0.15, 0.2) is 54.8 Å². The maximum absolute atomic E-state index is 10.7. The molecule has 0 aliphatic carbocycles. The smallest absolute Gasteiger partial charge is 0.116 e. The molecular formula is C26H33NO. The zero-order valence-electron chi connectivity index (χ0n) is 18.4. The van der Waals surface area contributed by atoms with Crippen molar-refractivity contribution in [1.82, 2.24) is 4.57 Å². The lowest BCUT2D eigenvalue weighted by atomic mass is 9.86. The second kappa shape index (κ2) is 6.84. The van der Waals surface area contributed by atoms with Crippen LogP contribution in [0.1, 0.15) is 66.0 Å². The lowest BCUT2D eigenvalue weighted by Gasteiger charge is -2.20. The molecular weight excluding hydrogens is 342 g/mol. The number of aliphatic hydroxyl groups is 1. The minimum Gasteiger partial charge on any atom is -0.510 e. The molecule has 1 aromatic heterocycles. The van der Waals surface area contributed by atoms with Gasteiger partial charge in [0.25, 0.3) is 0 Å². The highest BCUT2D eigenvalue weighted by Crippen LogP contribution is 2.37. The first-order valence-corrected chi connectivity index (χ1v) is 10.1. The number of fused-ring (bicyclic) bond motifs is 3. The third kappa shape index (κ3) is 3.37. The van der Waals surface area contributed by atoms with Crippen molar-refractivity contribution in [3.63, 3.8) is 0 Å². The highest BCUT2D eigenvalue weighted by molar-refractivity contribution is 6.11. The van der Waals surface area contributed by atoms with Gasteiger partial charge in [-0.25, -0.2) is 0 Å². The van der Waals surface area contributed by atoms with Crippen molar-refractivity contribution in [2.75, 3.05) is 0 Å². The van der Waals surface area contributed by atoms with Crippen LogP contribution in [0.3, 0.4) is 0 Å². The molecule has 2 aromatic carbocycles. The van der Waals surface area contributed by atoms with E-state index < -0.39 is 0 Å². The van der Waals surface area contributed by atoms with Crippen LogP contribution in [0.2, 0.25) is 0 Å². The predicted molar refractivity (Wildman–Crippen MR) is 123 cm³/mol. The van der Waals surface area contributed by atoms with E-state index in [4.69, 9.17) is 0 Å². The molecule has 0 spiro atoms. The maximum Gasteiger partial charge on any atom is 0.116 e. The first-order chi connectivity index (χ1) is 13.0. The number of hydrogen-bond acceptors (Lipinski definition) is 1. The molecule has 0 bridgehead atoms. The largest absolute Gasteiger partial charge is 0.510 e. The van der Waals surface area contributed by atoms with Crippen molar-refractivity contribution in [2.24, 2.45) is 0 Å². The van der Waals surface area contributed by atoms with Gasteiger partial charge in [-0.3, -0.25) is 0 Å². The molecule has 3 aromatic rings. The van der Waals surface area contributed by atoms with E-state index in [0.717, 1.165) is 16.7 Å². The van der Waals surface area contributed by atoms with E-state index in [1.54, 1.807) is 6.08 Å². The molecule has 0 radical (unpaired) electrons. The molecule has 0 aliphatic heterocycles. The summed E-state index contributed by atoms with van der Waals surface area (Å²) in [6, 6.07) is 13.4. The summed E-state index contributed by atoms with van der Waals surface area (Å²) in [5, 5.41) is 13.1. The van der Waals surface area contributed by atoms with Crippen molar-refractivity contribution in [3.05, 3.63) is 65.9 Å². The fourth-order valence-corrected chi connectivity index (χ4v) is 3.73. The zero-order valence-corrected chi connectivity index (χ0v) is 18.4. The van der Waals surface area contributed by atoms with Gasteiger partial charge in [-0.1, -0.05) is 79.3 Å². The normalized spacial score (nSPS) is 13.8. The Morgan fingerprint density at radius 3 is 1.64 bits per heavy atom. The molecule has 0 fully saturated rings. The molecule has 0 unspecified atom stereocenters. The molecule has 148 valence electrons. The summed E-state index contributed by atoms with van der Waals surface area (Å²) in [4.78, 5) is 0. The quantitative estimate of drug-likeness (QED) is 0.368. The predicted octanol–water partition coefficient (Wildman–Crippen LogP) is 7.71. The van der Waals surface area contributed by atoms with Gasteiger partial charge in [0.05, 0.1) is 16.7 Å². The summed E-state index contributed by atoms with van der Waals surface area (Å²) in [5.41, 5.74) is 5.65. The molecule has 0 saturated carbocycles. The number of aliphatic hydroxyl groups excluding tert-OH is 1. The first kappa shape index (κ1) is 20.3. The van der Waals surface area contributed by atoms with E-state index in [2.05, 4.69) is 89.1 Å². The molecule has 3 rings (SSSR count). The molecule has 2 heteroatoms. The lowest BCUT2D eigenvalue weighted by Crippen LogP contribution is -2.11. The van der Waals surface area contributed by atoms with Gasteiger partial charge in [0.15, 0.2) is 0 Å². The van der Waals surface area contributed by atoms with Crippen LogP contribution in [0, 0.1) is 0 Å². The average Bonchev–Trinajstić information content (AvgIpc) is 2.94. The van der Waals surface area contributed by atoms with Crippen LogP contribution in [0.5, 0.6) is 0 Å². The zero-order chi connectivity index (χ0) is 20.9. The van der Waals surface area contributed by atoms with Crippen LogP contribution >= 0.6 is 0 Å². The summed E-state index contributed by atoms with van der Waals surface area (Å²) in [6.07, 6.45) is 2.34. The van der Waals surface area contributed by atoms with Crippen molar-refractivity contribution in [1.29, 1.82) is 0 Å². The molecule has 1 N–H and O–H groups in total. The Balaban J connectivity index is 2.52. The molecule has 1 heterocycles. The van der Waals surface area contributed by atoms with E-state index in [1.807, 2.05) is 6.92 Å². The molecule has 0 atom stereocenters. The summed E-state index contributed by atoms with van der Waals surface area (Å²) in [6.45, 7) is 19.3. The Labute approximate surface area is 169 Å². The van der Waals surface area contributed by atoms with Crippen molar-refractivity contribution in [3.8, 4) is 0 Å². The van der Waals surface area contributed by atoms with E-state index >= 15 is 0 Å². The Hall–Kier alpha value is -2.48. The fourth-order valence-electron chi connectivity index (χ4n) is 3.73. The monoisotopic (exact) mass is 375 g/mol. The van der Waals surface area contributed by atoms with E-state index in [0.29, 0.717) is 12.2 Å². The SMILES string of the molecule is C=C/C(=C(/O)CC)n1c2cc(C(C)(C)C)ccc2c2ccc(C(C)(C)C)cc21. The summed E-state index contributed by atoms with van der Waals surface area (Å²) < 4.78 is 2.18. The van der Waals surface area contributed by atoms with Crippen LogP contribution in [-0.2, 0) is 10.8 Å². The summed E-state index contributed by atoms with van der Waals surface area (Å²) in [7, 11) is 0. The Kier molecular flexibility index (Phi) is 4.95. The molecule has 28 heavy (non-hydrogen) atoms. The number of hydrogen-bond donors (Lipinski definition) is 1. The topological polar surface area (TPSA) is 25.2 Å². The lowest BCUT2D eigenvalue weighted by molar-refractivity contribution is 0.395. The highest BCUT2D eigenvalue weighted by atomic mass is 16.3. The highest BCUT2D eigenvalue weighted by Gasteiger charge is 2.21. The molecule has 0 amide bonds. The minimum atomic E-state index is 0.0525. The van der Waals surface area contributed by atoms with Gasteiger partial charge in [0, 0.05) is 17.2 Å². The third-order valence-corrected chi connectivity index (χ3v) is 5.56. The van der Waals surface area contributed by atoms with Gasteiger partial charge < -0.3 is 9.67 Å². The average molecular weight is 376 g/mol. The number of aromatic nitrogens is 1. The van der Waals surface area contributed by atoms with E-state index in [9.17, 15) is 5.11 Å². The van der Waals surface area contributed by atoms with Crippen LogP contribution < -0.4 is 0 Å². The maximum atomic E-state index is 10.7. The van der Waals surface area contributed by atoms with Crippen LogP contribution in [-0.4, -0.2) is 9.67 Å². The van der Waals surface area contributed by atoms with E-state index in [-0.39, 0.29) is 10.8 Å². The number of rotatable bonds is 3. The standard InChI is InChI=1S/C26H33NO/c1-9-21(24(28)10-2)27-22-15-17(25(3,4)5)11-13-19(22)20-14-12-18(16-23(20)27)26(6,7)8/h9,11-16,28H,1,10H2,2-8H3/b24-21-. The van der Waals surface area contributed by atoms with Gasteiger partial charge in [-0.15, -0.1) is 0 Å². The van der Waals surface area contributed by atoms with Gasteiger partial charge in [-0.05, 0) is 40.2 Å². The Morgan fingerprint density at radius 2 is 1.32 bits per heavy atom. The summed E-state index contributed by atoms with van der Waals surface area (Å²) >= 11 is 0. The second-order valence-corrected chi connectivity index (χ2v) is 9.69.